The maximum atomic E-state index is 13.7. The second-order valence-corrected chi connectivity index (χ2v) is 7.69. The molecule has 0 unspecified atom stereocenters. The average molecular weight is 496 g/mol. The summed E-state index contributed by atoms with van der Waals surface area (Å²) in [5, 5.41) is -0.179. The summed E-state index contributed by atoms with van der Waals surface area (Å²) in [6.07, 6.45) is -2.32. The lowest BCUT2D eigenvalue weighted by Gasteiger charge is -2.13. The highest BCUT2D eigenvalue weighted by Crippen LogP contribution is 2.38. The molecule has 0 bridgehead atoms. The number of carbonyl (C=O) groups is 1. The number of rotatable bonds is 6. The van der Waals surface area contributed by atoms with Crippen LogP contribution in [0.4, 0.5) is 13.2 Å². The van der Waals surface area contributed by atoms with E-state index in [4.69, 9.17) is 18.6 Å². The number of esters is 1. The monoisotopic (exact) mass is 496 g/mol. The topological polar surface area (TPSA) is 75.0 Å². The SMILES string of the molecule is COc1ccc(Oc2c(C(F)(F)F)oc3cc(OC(=O)/C=C/c4ccc(C)cc4)ccc3c2=O)cc1. The Morgan fingerprint density at radius 2 is 1.56 bits per heavy atom. The highest BCUT2D eigenvalue weighted by molar-refractivity contribution is 5.89. The third-order valence-electron chi connectivity index (χ3n) is 5.07. The number of carbonyl (C=O) groups excluding carboxylic acids is 1. The van der Waals surface area contributed by atoms with Gasteiger partial charge in [-0.1, -0.05) is 29.8 Å². The van der Waals surface area contributed by atoms with Gasteiger partial charge in [0.25, 0.3) is 5.76 Å². The first-order valence-electron chi connectivity index (χ1n) is 10.6. The van der Waals surface area contributed by atoms with Gasteiger partial charge in [0.15, 0.2) is 0 Å². The van der Waals surface area contributed by atoms with E-state index in [-0.39, 0.29) is 16.9 Å². The van der Waals surface area contributed by atoms with E-state index in [9.17, 15) is 22.8 Å². The molecular formula is C27H19F3O6. The van der Waals surface area contributed by atoms with E-state index in [1.807, 2.05) is 31.2 Å². The maximum absolute atomic E-state index is 13.7. The minimum absolute atomic E-state index is 0.0149. The van der Waals surface area contributed by atoms with Crippen molar-refractivity contribution >= 4 is 23.0 Å². The van der Waals surface area contributed by atoms with Crippen molar-refractivity contribution in [3.63, 3.8) is 0 Å². The lowest BCUT2D eigenvalue weighted by molar-refractivity contribution is -0.154. The van der Waals surface area contributed by atoms with Crippen LogP contribution in [0, 0.1) is 6.92 Å². The lowest BCUT2D eigenvalue weighted by Crippen LogP contribution is -2.15. The fourth-order valence-electron chi connectivity index (χ4n) is 3.25. The molecule has 0 atom stereocenters. The van der Waals surface area contributed by atoms with Crippen LogP contribution in [-0.2, 0) is 11.0 Å². The van der Waals surface area contributed by atoms with Crippen molar-refractivity contribution in [3.8, 4) is 23.0 Å². The van der Waals surface area contributed by atoms with Crippen LogP contribution in [0.15, 0.2) is 82.0 Å². The minimum atomic E-state index is -5.03. The van der Waals surface area contributed by atoms with Gasteiger partial charge in [0, 0.05) is 12.1 Å². The predicted octanol–water partition coefficient (Wildman–Crippen LogP) is 6.54. The molecule has 184 valence electrons. The molecule has 0 aliphatic carbocycles. The molecule has 6 nitrogen and oxygen atoms in total. The van der Waals surface area contributed by atoms with Crippen molar-refractivity contribution in [3.05, 3.63) is 99.9 Å². The van der Waals surface area contributed by atoms with Gasteiger partial charge in [-0.15, -0.1) is 0 Å². The normalized spacial score (nSPS) is 11.6. The van der Waals surface area contributed by atoms with Crippen LogP contribution in [-0.4, -0.2) is 13.1 Å². The van der Waals surface area contributed by atoms with Crippen LogP contribution in [0.1, 0.15) is 16.9 Å². The summed E-state index contributed by atoms with van der Waals surface area (Å²) in [6.45, 7) is 1.93. The third kappa shape index (κ3) is 5.57. The van der Waals surface area contributed by atoms with Gasteiger partial charge >= 0.3 is 12.1 Å². The molecule has 1 aromatic heterocycles. The zero-order valence-corrected chi connectivity index (χ0v) is 19.1. The summed E-state index contributed by atoms with van der Waals surface area (Å²) in [5.41, 5.74) is 0.378. The summed E-state index contributed by atoms with van der Waals surface area (Å²) in [4.78, 5) is 25.1. The van der Waals surface area contributed by atoms with Crippen LogP contribution in [0.25, 0.3) is 17.0 Å². The van der Waals surface area contributed by atoms with Crippen LogP contribution in [0.3, 0.4) is 0 Å². The smallest absolute Gasteiger partial charge is 0.453 e. The maximum Gasteiger partial charge on any atom is 0.453 e. The van der Waals surface area contributed by atoms with Crippen molar-refractivity contribution < 1.29 is 36.6 Å². The van der Waals surface area contributed by atoms with Crippen molar-refractivity contribution in [1.29, 1.82) is 0 Å². The van der Waals surface area contributed by atoms with Gasteiger partial charge < -0.3 is 18.6 Å². The zero-order valence-electron chi connectivity index (χ0n) is 19.1. The molecule has 0 aliphatic rings. The first-order chi connectivity index (χ1) is 17.1. The molecule has 36 heavy (non-hydrogen) atoms. The van der Waals surface area contributed by atoms with Crippen LogP contribution in [0.2, 0.25) is 0 Å². The Morgan fingerprint density at radius 1 is 0.917 bits per heavy atom. The Bertz CT molecular complexity index is 1480. The number of hydrogen-bond donors (Lipinski definition) is 0. The molecule has 0 amide bonds. The molecule has 1 heterocycles. The number of ether oxygens (including phenoxy) is 3. The van der Waals surface area contributed by atoms with E-state index in [1.165, 1.54) is 55.7 Å². The molecule has 0 radical (unpaired) electrons. The molecule has 3 aromatic carbocycles. The summed E-state index contributed by atoms with van der Waals surface area (Å²) < 4.78 is 61.7. The second-order valence-electron chi connectivity index (χ2n) is 7.69. The van der Waals surface area contributed by atoms with Gasteiger partial charge in [-0.25, -0.2) is 4.79 Å². The third-order valence-corrected chi connectivity index (χ3v) is 5.07. The van der Waals surface area contributed by atoms with Crippen LogP contribution >= 0.6 is 0 Å². The lowest BCUT2D eigenvalue weighted by atomic mass is 10.1. The Morgan fingerprint density at radius 3 is 2.19 bits per heavy atom. The largest absolute Gasteiger partial charge is 0.497 e. The van der Waals surface area contributed by atoms with E-state index in [0.717, 1.165) is 17.2 Å². The van der Waals surface area contributed by atoms with Gasteiger partial charge in [-0.2, -0.15) is 13.2 Å². The van der Waals surface area contributed by atoms with Gasteiger partial charge in [0.05, 0.1) is 12.5 Å². The molecule has 0 saturated heterocycles. The van der Waals surface area contributed by atoms with Gasteiger partial charge in [0.1, 0.15) is 22.8 Å². The Labute approximate surface area is 203 Å². The number of fused-ring (bicyclic) bond motifs is 1. The highest BCUT2D eigenvalue weighted by Gasteiger charge is 2.40. The van der Waals surface area contributed by atoms with Gasteiger partial charge in [0.2, 0.25) is 11.2 Å². The second kappa shape index (κ2) is 9.99. The fraction of sp³-hybridized carbons (Fsp3) is 0.111. The quantitative estimate of drug-likeness (QED) is 0.171. The van der Waals surface area contributed by atoms with E-state index in [0.29, 0.717) is 5.75 Å². The summed E-state index contributed by atoms with van der Waals surface area (Å²) >= 11 is 0. The van der Waals surface area contributed by atoms with Crippen molar-refractivity contribution in [1.82, 2.24) is 0 Å². The standard InChI is InChI=1S/C27H19F3O6/c1-16-3-5-17(6-4-16)7-14-23(31)34-20-12-13-21-22(15-20)36-26(27(28,29)30)25(24(21)32)35-19-10-8-18(33-2)9-11-19/h3-15H,1-2H3/b14-7+. The molecule has 0 aliphatic heterocycles. The minimum Gasteiger partial charge on any atom is -0.497 e. The van der Waals surface area contributed by atoms with E-state index >= 15 is 0 Å². The average Bonchev–Trinajstić information content (AvgIpc) is 2.85. The van der Waals surface area contributed by atoms with Gasteiger partial charge in [-0.3, -0.25) is 4.79 Å². The number of benzene rings is 3. The molecule has 9 heteroatoms. The fourth-order valence-corrected chi connectivity index (χ4v) is 3.25. The molecule has 0 saturated carbocycles. The number of hydrogen-bond acceptors (Lipinski definition) is 6. The summed E-state index contributed by atoms with van der Waals surface area (Å²) in [6, 6.07) is 16.6. The predicted molar refractivity (Wildman–Crippen MR) is 126 cm³/mol. The first kappa shape index (κ1) is 24.6. The van der Waals surface area contributed by atoms with E-state index in [2.05, 4.69) is 0 Å². The Kier molecular flexibility index (Phi) is 6.82. The van der Waals surface area contributed by atoms with Crippen molar-refractivity contribution in [2.45, 2.75) is 13.1 Å². The molecule has 4 aromatic rings. The molecule has 4 rings (SSSR count). The summed E-state index contributed by atoms with van der Waals surface area (Å²) in [7, 11) is 1.43. The van der Waals surface area contributed by atoms with Crippen LogP contribution < -0.4 is 19.6 Å². The molecule has 0 spiro atoms. The molecule has 0 N–H and O–H groups in total. The number of aryl methyl sites for hydroxylation is 1. The molecular weight excluding hydrogens is 477 g/mol. The molecule has 0 fully saturated rings. The van der Waals surface area contributed by atoms with Crippen molar-refractivity contribution in [2.75, 3.05) is 7.11 Å². The van der Waals surface area contributed by atoms with Crippen LogP contribution in [0.5, 0.6) is 23.0 Å². The summed E-state index contributed by atoms with van der Waals surface area (Å²) in [5.74, 6) is -3.03. The Balaban J connectivity index is 1.64. The zero-order chi connectivity index (χ0) is 25.9. The highest BCUT2D eigenvalue weighted by atomic mass is 19.4. The number of methoxy groups -OCH3 is 1. The Hall–Kier alpha value is -4.53. The first-order valence-corrected chi connectivity index (χ1v) is 10.6. The van der Waals surface area contributed by atoms with E-state index < -0.39 is 34.7 Å². The number of alkyl halides is 3. The van der Waals surface area contributed by atoms with E-state index in [1.54, 1.807) is 0 Å². The van der Waals surface area contributed by atoms with Gasteiger partial charge in [-0.05, 0) is 55.0 Å². The van der Waals surface area contributed by atoms with Crippen molar-refractivity contribution in [2.24, 2.45) is 0 Å². The number of halogens is 3.